The number of anilines is 1. The minimum atomic E-state index is -3.15. The molecule has 1 fully saturated rings. The lowest BCUT2D eigenvalue weighted by atomic mass is 10.1. The zero-order valence-electron chi connectivity index (χ0n) is 16.3. The number of benzene rings is 2. The first-order valence-electron chi connectivity index (χ1n) is 9.17. The van der Waals surface area contributed by atoms with Crippen LogP contribution < -0.4 is 14.4 Å². The predicted molar refractivity (Wildman–Crippen MR) is 123 cm³/mol. The van der Waals surface area contributed by atoms with Crippen LogP contribution in [0.1, 0.15) is 5.56 Å². The number of nitrogens with zero attached hydrogens (tertiary/aromatic N) is 2. The molecule has 2 aliphatic rings. The topological polar surface area (TPSA) is 68.2 Å². The lowest BCUT2D eigenvalue weighted by molar-refractivity contribution is 0.403. The lowest BCUT2D eigenvalue weighted by Crippen LogP contribution is -2.39. The van der Waals surface area contributed by atoms with E-state index >= 15 is 0 Å². The molecule has 2 atom stereocenters. The fraction of sp³-hybridized carbons (Fsp3) is 0.350. The first-order chi connectivity index (χ1) is 14.3. The van der Waals surface area contributed by atoms with Gasteiger partial charge >= 0.3 is 0 Å². The van der Waals surface area contributed by atoms with Gasteiger partial charge in [-0.15, -0.1) is 0 Å². The highest BCUT2D eigenvalue weighted by Crippen LogP contribution is 2.42. The summed E-state index contributed by atoms with van der Waals surface area (Å²) in [6, 6.07) is 10.3. The average molecular weight is 487 g/mol. The molecule has 2 aliphatic heterocycles. The van der Waals surface area contributed by atoms with Crippen molar-refractivity contribution in [3.63, 3.8) is 0 Å². The van der Waals surface area contributed by atoms with E-state index in [4.69, 9.17) is 37.7 Å². The maximum atomic E-state index is 12.3. The molecule has 160 valence electrons. The number of hydrogen-bond donors (Lipinski definition) is 0. The minimum absolute atomic E-state index is 0.0478. The van der Waals surface area contributed by atoms with E-state index in [1.165, 1.54) is 11.8 Å². The quantitative estimate of drug-likeness (QED) is 0.627. The second-order valence-electron chi connectivity index (χ2n) is 7.06. The zero-order chi connectivity index (χ0) is 21.5. The third-order valence-electron chi connectivity index (χ3n) is 5.12. The zero-order valence-corrected chi connectivity index (χ0v) is 19.5. The maximum absolute atomic E-state index is 12.3. The van der Waals surface area contributed by atoms with E-state index in [9.17, 15) is 8.42 Å². The smallest absolute Gasteiger partial charge is 0.164 e. The number of halogens is 2. The summed E-state index contributed by atoms with van der Waals surface area (Å²) < 4.78 is 35.5. The number of ether oxygens (including phenoxy) is 2. The van der Waals surface area contributed by atoms with Gasteiger partial charge in [0.15, 0.2) is 15.0 Å². The molecule has 10 heteroatoms. The van der Waals surface area contributed by atoms with Gasteiger partial charge in [-0.2, -0.15) is 0 Å². The van der Waals surface area contributed by atoms with Gasteiger partial charge in [-0.05, 0) is 29.8 Å². The van der Waals surface area contributed by atoms with Gasteiger partial charge in [0.25, 0.3) is 0 Å². The van der Waals surface area contributed by atoms with Crippen molar-refractivity contribution in [2.45, 2.75) is 17.8 Å². The van der Waals surface area contributed by atoms with Crippen LogP contribution >= 0.6 is 35.0 Å². The van der Waals surface area contributed by atoms with E-state index in [1.807, 2.05) is 23.1 Å². The molecule has 0 N–H and O–H groups in total. The normalized spacial score (nSPS) is 22.0. The number of amidine groups is 1. The van der Waals surface area contributed by atoms with Gasteiger partial charge in [0.1, 0.15) is 11.5 Å². The van der Waals surface area contributed by atoms with Crippen LogP contribution in [-0.4, -0.2) is 51.4 Å². The fourth-order valence-electron chi connectivity index (χ4n) is 3.68. The van der Waals surface area contributed by atoms with Gasteiger partial charge in [-0.25, -0.2) is 8.42 Å². The molecule has 0 aliphatic carbocycles. The molecule has 2 unspecified atom stereocenters. The number of aliphatic imine (C=N–C) groups is 1. The predicted octanol–water partition coefficient (Wildman–Crippen LogP) is 4.29. The van der Waals surface area contributed by atoms with E-state index in [2.05, 4.69) is 0 Å². The number of methoxy groups -OCH3 is 2. The summed E-state index contributed by atoms with van der Waals surface area (Å²) in [5, 5.41) is 1.90. The number of fused-ring (bicyclic) bond motifs is 1. The van der Waals surface area contributed by atoms with Gasteiger partial charge < -0.3 is 14.4 Å². The van der Waals surface area contributed by atoms with E-state index in [0.717, 1.165) is 16.4 Å². The summed E-state index contributed by atoms with van der Waals surface area (Å²) in [6.45, 7) is 0. The molecule has 0 saturated carbocycles. The third-order valence-corrected chi connectivity index (χ3v) is 8.43. The summed E-state index contributed by atoms with van der Waals surface area (Å²) >= 11 is 13.8. The highest BCUT2D eigenvalue weighted by molar-refractivity contribution is 8.13. The van der Waals surface area contributed by atoms with Crippen molar-refractivity contribution < 1.29 is 17.9 Å². The molecular formula is C20H20Cl2N2O4S2. The highest BCUT2D eigenvalue weighted by Gasteiger charge is 2.47. The molecule has 30 heavy (non-hydrogen) atoms. The average Bonchev–Trinajstić information content (AvgIpc) is 3.17. The Bertz CT molecular complexity index is 1110. The Morgan fingerprint density at radius 3 is 2.63 bits per heavy atom. The fourth-order valence-corrected chi connectivity index (χ4v) is 7.20. The van der Waals surface area contributed by atoms with Crippen LogP contribution in [0.5, 0.6) is 11.5 Å². The molecule has 2 heterocycles. The largest absolute Gasteiger partial charge is 0.497 e. The molecule has 2 aromatic carbocycles. The summed E-state index contributed by atoms with van der Waals surface area (Å²) in [4.78, 5) is 6.72. The Morgan fingerprint density at radius 1 is 1.13 bits per heavy atom. The van der Waals surface area contributed by atoms with Gasteiger partial charge in [0.05, 0.1) is 43.5 Å². The molecular weight excluding hydrogens is 467 g/mol. The van der Waals surface area contributed by atoms with Crippen LogP contribution in [0.2, 0.25) is 10.0 Å². The molecule has 0 radical (unpaired) electrons. The molecule has 2 aromatic rings. The number of rotatable bonds is 5. The van der Waals surface area contributed by atoms with E-state index in [0.29, 0.717) is 27.3 Å². The lowest BCUT2D eigenvalue weighted by Gasteiger charge is -2.28. The van der Waals surface area contributed by atoms with E-state index < -0.39 is 9.84 Å². The standard InChI is InChI=1S/C20H20Cl2N2O4S2/c1-27-14-5-6-19(28-2)17(8-14)24-18-11-30(25,26)10-16(18)23-20(24)29-9-12-3-4-13(21)7-15(12)22/h3-8,16,18H,9-11H2,1-2H3. The second-order valence-corrected chi connectivity index (χ2v) is 11.0. The molecule has 4 rings (SSSR count). The van der Waals surface area contributed by atoms with E-state index in [-0.39, 0.29) is 23.6 Å². The van der Waals surface area contributed by atoms with Crippen LogP contribution in [0.3, 0.4) is 0 Å². The van der Waals surface area contributed by atoms with Crippen molar-refractivity contribution in [2.24, 2.45) is 4.99 Å². The summed E-state index contributed by atoms with van der Waals surface area (Å²) in [5.41, 5.74) is 1.66. The van der Waals surface area contributed by atoms with Crippen molar-refractivity contribution in [1.82, 2.24) is 0 Å². The molecule has 0 bridgehead atoms. The van der Waals surface area contributed by atoms with Crippen molar-refractivity contribution in [2.75, 3.05) is 30.6 Å². The Morgan fingerprint density at radius 2 is 1.93 bits per heavy atom. The Balaban J connectivity index is 1.69. The Kier molecular flexibility index (Phi) is 6.12. The highest BCUT2D eigenvalue weighted by atomic mass is 35.5. The van der Waals surface area contributed by atoms with Crippen molar-refractivity contribution in [3.8, 4) is 11.5 Å². The first kappa shape index (κ1) is 21.6. The van der Waals surface area contributed by atoms with Crippen LogP contribution in [0.15, 0.2) is 41.4 Å². The molecule has 1 saturated heterocycles. The number of hydrogen-bond acceptors (Lipinski definition) is 7. The maximum Gasteiger partial charge on any atom is 0.164 e. The van der Waals surface area contributed by atoms with Gasteiger partial charge in [0.2, 0.25) is 0 Å². The third kappa shape index (κ3) is 4.23. The van der Waals surface area contributed by atoms with Gasteiger partial charge in [-0.1, -0.05) is 41.0 Å². The monoisotopic (exact) mass is 486 g/mol. The Labute approximate surface area is 190 Å². The molecule has 0 aromatic heterocycles. The van der Waals surface area contributed by atoms with Crippen molar-refractivity contribution in [3.05, 3.63) is 52.0 Å². The summed E-state index contributed by atoms with van der Waals surface area (Å²) in [7, 11) is 0.0235. The van der Waals surface area contributed by atoms with Gasteiger partial charge in [-0.3, -0.25) is 4.99 Å². The van der Waals surface area contributed by atoms with Crippen LogP contribution in [0.25, 0.3) is 0 Å². The van der Waals surface area contributed by atoms with Crippen LogP contribution in [0.4, 0.5) is 5.69 Å². The van der Waals surface area contributed by atoms with Crippen LogP contribution in [-0.2, 0) is 15.6 Å². The molecule has 0 amide bonds. The molecule has 6 nitrogen and oxygen atoms in total. The van der Waals surface area contributed by atoms with E-state index in [1.54, 1.807) is 32.4 Å². The molecule has 0 spiro atoms. The number of sulfone groups is 1. The van der Waals surface area contributed by atoms with Crippen LogP contribution in [0, 0.1) is 0 Å². The Hall–Kier alpha value is -1.61. The first-order valence-corrected chi connectivity index (χ1v) is 12.7. The SMILES string of the molecule is COc1ccc(OC)c(N2C(SCc3ccc(Cl)cc3Cl)=NC3CS(=O)(=O)CC32)c1. The summed E-state index contributed by atoms with van der Waals surface area (Å²) in [6.07, 6.45) is 0. The minimum Gasteiger partial charge on any atom is -0.497 e. The van der Waals surface area contributed by atoms with Gasteiger partial charge in [0, 0.05) is 21.9 Å². The van der Waals surface area contributed by atoms with Crippen molar-refractivity contribution >= 4 is 55.7 Å². The second kappa shape index (κ2) is 8.49. The summed E-state index contributed by atoms with van der Waals surface area (Å²) in [5.74, 6) is 1.95. The van der Waals surface area contributed by atoms with Crippen molar-refractivity contribution in [1.29, 1.82) is 0 Å². The number of thioether (sulfide) groups is 1.